The molecule has 3 nitrogen and oxygen atoms in total. The van der Waals surface area contributed by atoms with Crippen molar-refractivity contribution in [2.24, 2.45) is 11.8 Å². The summed E-state index contributed by atoms with van der Waals surface area (Å²) in [7, 11) is 0. The van der Waals surface area contributed by atoms with E-state index in [4.69, 9.17) is 5.11 Å². The number of carboxylic acid groups (broad SMARTS) is 1. The van der Waals surface area contributed by atoms with Crippen molar-refractivity contribution in [3.8, 4) is 0 Å². The maximum Gasteiger partial charge on any atom is 0.338 e. The lowest BCUT2D eigenvalue weighted by Crippen LogP contribution is -2.21. The summed E-state index contributed by atoms with van der Waals surface area (Å²) in [6.07, 6.45) is 1.11. The van der Waals surface area contributed by atoms with E-state index in [1.807, 2.05) is 0 Å². The SMILES string of the molecule is CC(C)C1CCN(c2ccc(C(=O)O)c(F)c2)C1. The Morgan fingerprint density at radius 3 is 2.72 bits per heavy atom. The molecule has 1 aromatic carbocycles. The van der Waals surface area contributed by atoms with Gasteiger partial charge in [-0.25, -0.2) is 9.18 Å². The minimum atomic E-state index is -1.22. The van der Waals surface area contributed by atoms with E-state index in [1.165, 1.54) is 12.1 Å². The normalized spacial score (nSPS) is 19.6. The molecule has 0 aliphatic carbocycles. The van der Waals surface area contributed by atoms with Crippen LogP contribution in [-0.4, -0.2) is 24.2 Å². The van der Waals surface area contributed by atoms with E-state index < -0.39 is 11.8 Å². The molecule has 0 aromatic heterocycles. The molecule has 1 saturated heterocycles. The molecule has 1 aliphatic rings. The fraction of sp³-hybridized carbons (Fsp3) is 0.500. The largest absolute Gasteiger partial charge is 0.478 e. The van der Waals surface area contributed by atoms with Crippen LogP contribution in [0.3, 0.4) is 0 Å². The summed E-state index contributed by atoms with van der Waals surface area (Å²) in [5.74, 6) is -0.626. The average Bonchev–Trinajstić information content (AvgIpc) is 2.77. The van der Waals surface area contributed by atoms with E-state index in [2.05, 4.69) is 18.7 Å². The first kappa shape index (κ1) is 12.9. The monoisotopic (exact) mass is 251 g/mol. The predicted molar refractivity (Wildman–Crippen MR) is 68.5 cm³/mol. The minimum absolute atomic E-state index is 0.265. The Morgan fingerprint density at radius 2 is 2.22 bits per heavy atom. The van der Waals surface area contributed by atoms with E-state index >= 15 is 0 Å². The number of halogens is 1. The Kier molecular flexibility index (Phi) is 3.55. The van der Waals surface area contributed by atoms with Crippen LogP contribution < -0.4 is 4.90 Å². The molecule has 1 fully saturated rings. The molecule has 18 heavy (non-hydrogen) atoms. The fourth-order valence-corrected chi connectivity index (χ4v) is 2.44. The first-order chi connectivity index (χ1) is 8.49. The van der Waals surface area contributed by atoms with Crippen LogP contribution in [0.4, 0.5) is 10.1 Å². The quantitative estimate of drug-likeness (QED) is 0.897. The van der Waals surface area contributed by atoms with Crippen molar-refractivity contribution in [2.75, 3.05) is 18.0 Å². The van der Waals surface area contributed by atoms with Gasteiger partial charge in [0.05, 0.1) is 5.56 Å². The molecule has 1 N–H and O–H groups in total. The first-order valence-electron chi connectivity index (χ1n) is 6.27. The number of carboxylic acids is 1. The third-order valence-corrected chi connectivity index (χ3v) is 3.72. The van der Waals surface area contributed by atoms with Crippen molar-refractivity contribution in [1.29, 1.82) is 0 Å². The van der Waals surface area contributed by atoms with Crippen LogP contribution in [0.1, 0.15) is 30.6 Å². The highest BCUT2D eigenvalue weighted by atomic mass is 19.1. The number of anilines is 1. The number of hydrogen-bond donors (Lipinski definition) is 1. The number of nitrogens with zero attached hydrogens (tertiary/aromatic N) is 1. The molecule has 0 spiro atoms. The van der Waals surface area contributed by atoms with E-state index in [1.54, 1.807) is 6.07 Å². The van der Waals surface area contributed by atoms with Crippen molar-refractivity contribution >= 4 is 11.7 Å². The zero-order valence-electron chi connectivity index (χ0n) is 10.7. The molecule has 1 aromatic rings. The van der Waals surface area contributed by atoms with Gasteiger partial charge in [0.1, 0.15) is 5.82 Å². The third kappa shape index (κ3) is 2.47. The zero-order chi connectivity index (χ0) is 13.3. The molecule has 1 atom stereocenters. The number of benzene rings is 1. The van der Waals surface area contributed by atoms with Gasteiger partial charge in [-0.05, 0) is 36.5 Å². The smallest absolute Gasteiger partial charge is 0.338 e. The number of carbonyl (C=O) groups is 1. The molecule has 2 rings (SSSR count). The molecular formula is C14H18FNO2. The van der Waals surface area contributed by atoms with Gasteiger partial charge in [-0.15, -0.1) is 0 Å². The van der Waals surface area contributed by atoms with Crippen LogP contribution in [0.25, 0.3) is 0 Å². The van der Waals surface area contributed by atoms with Crippen LogP contribution in [0.2, 0.25) is 0 Å². The van der Waals surface area contributed by atoms with Crippen molar-refractivity contribution in [2.45, 2.75) is 20.3 Å². The highest BCUT2D eigenvalue weighted by Gasteiger charge is 2.25. The van der Waals surface area contributed by atoms with Gasteiger partial charge >= 0.3 is 5.97 Å². The molecule has 1 heterocycles. The number of hydrogen-bond acceptors (Lipinski definition) is 2. The molecule has 1 aliphatic heterocycles. The second-order valence-electron chi connectivity index (χ2n) is 5.21. The minimum Gasteiger partial charge on any atom is -0.478 e. The second kappa shape index (κ2) is 4.96. The van der Waals surface area contributed by atoms with Gasteiger partial charge < -0.3 is 10.0 Å². The van der Waals surface area contributed by atoms with E-state index in [0.717, 1.165) is 25.2 Å². The molecule has 98 valence electrons. The first-order valence-corrected chi connectivity index (χ1v) is 6.27. The highest BCUT2D eigenvalue weighted by molar-refractivity contribution is 5.88. The van der Waals surface area contributed by atoms with Crippen LogP contribution in [0, 0.1) is 17.7 Å². The summed E-state index contributed by atoms with van der Waals surface area (Å²) in [5.41, 5.74) is 0.513. The van der Waals surface area contributed by atoms with E-state index in [0.29, 0.717) is 11.8 Å². The lowest BCUT2D eigenvalue weighted by atomic mass is 9.95. The highest BCUT2D eigenvalue weighted by Crippen LogP contribution is 2.29. The molecule has 4 heteroatoms. The summed E-state index contributed by atoms with van der Waals surface area (Å²) in [4.78, 5) is 12.9. The lowest BCUT2D eigenvalue weighted by molar-refractivity contribution is 0.0692. The van der Waals surface area contributed by atoms with Crippen LogP contribution in [-0.2, 0) is 0 Å². The predicted octanol–water partition coefficient (Wildman–Crippen LogP) is 3.01. The number of rotatable bonds is 3. The molecule has 0 amide bonds. The lowest BCUT2D eigenvalue weighted by Gasteiger charge is -2.20. The average molecular weight is 251 g/mol. The number of aromatic carboxylic acids is 1. The maximum absolute atomic E-state index is 13.6. The Balaban J connectivity index is 2.16. The van der Waals surface area contributed by atoms with Gasteiger partial charge in [-0.1, -0.05) is 13.8 Å². The van der Waals surface area contributed by atoms with Crippen LogP contribution in [0.15, 0.2) is 18.2 Å². The van der Waals surface area contributed by atoms with Gasteiger partial charge in [0, 0.05) is 18.8 Å². The van der Waals surface area contributed by atoms with Gasteiger partial charge in [0.15, 0.2) is 0 Å². The molecule has 0 radical (unpaired) electrons. The maximum atomic E-state index is 13.6. The van der Waals surface area contributed by atoms with Crippen LogP contribution >= 0.6 is 0 Å². The molecule has 0 bridgehead atoms. The molecule has 0 saturated carbocycles. The van der Waals surface area contributed by atoms with Crippen molar-refractivity contribution in [3.05, 3.63) is 29.6 Å². The Labute approximate surface area is 106 Å². The zero-order valence-corrected chi connectivity index (χ0v) is 10.7. The van der Waals surface area contributed by atoms with Crippen molar-refractivity contribution in [1.82, 2.24) is 0 Å². The Hall–Kier alpha value is -1.58. The summed E-state index contributed by atoms with van der Waals surface area (Å²) in [6, 6.07) is 4.36. The molecule has 1 unspecified atom stereocenters. The second-order valence-corrected chi connectivity index (χ2v) is 5.21. The third-order valence-electron chi connectivity index (χ3n) is 3.72. The van der Waals surface area contributed by atoms with Gasteiger partial charge in [0.2, 0.25) is 0 Å². The van der Waals surface area contributed by atoms with Crippen LogP contribution in [0.5, 0.6) is 0 Å². The van der Waals surface area contributed by atoms with Crippen molar-refractivity contribution < 1.29 is 14.3 Å². The fourth-order valence-electron chi connectivity index (χ4n) is 2.44. The standard InChI is InChI=1S/C14H18FNO2/c1-9(2)10-5-6-16(8-10)11-3-4-12(14(17)18)13(15)7-11/h3-4,7,9-10H,5-6,8H2,1-2H3,(H,17,18). The van der Waals surface area contributed by atoms with Gasteiger partial charge in [0.25, 0.3) is 0 Å². The Bertz CT molecular complexity index is 459. The van der Waals surface area contributed by atoms with Gasteiger partial charge in [-0.3, -0.25) is 0 Å². The summed E-state index contributed by atoms with van der Waals surface area (Å²) in [6.45, 7) is 6.22. The Morgan fingerprint density at radius 1 is 1.50 bits per heavy atom. The van der Waals surface area contributed by atoms with Gasteiger partial charge in [-0.2, -0.15) is 0 Å². The van der Waals surface area contributed by atoms with E-state index in [-0.39, 0.29) is 5.56 Å². The summed E-state index contributed by atoms with van der Waals surface area (Å²) >= 11 is 0. The van der Waals surface area contributed by atoms with E-state index in [9.17, 15) is 9.18 Å². The summed E-state index contributed by atoms with van der Waals surface area (Å²) < 4.78 is 13.6. The summed E-state index contributed by atoms with van der Waals surface area (Å²) in [5, 5.41) is 8.78. The topological polar surface area (TPSA) is 40.5 Å². The molecular weight excluding hydrogens is 233 g/mol. The van der Waals surface area contributed by atoms with Crippen molar-refractivity contribution in [3.63, 3.8) is 0 Å².